The highest BCUT2D eigenvalue weighted by molar-refractivity contribution is 5.90. The predicted octanol–water partition coefficient (Wildman–Crippen LogP) is 2.31. The molecule has 1 amide bonds. The summed E-state index contributed by atoms with van der Waals surface area (Å²) in [6.07, 6.45) is 8.25. The van der Waals surface area contributed by atoms with Crippen LogP contribution in [-0.2, 0) is 4.79 Å². The van der Waals surface area contributed by atoms with Crippen molar-refractivity contribution in [2.45, 2.75) is 52.0 Å². The van der Waals surface area contributed by atoms with Gasteiger partial charge in [0.1, 0.15) is 0 Å². The molecule has 1 heterocycles. The summed E-state index contributed by atoms with van der Waals surface area (Å²) >= 11 is 0. The van der Waals surface area contributed by atoms with Gasteiger partial charge in [0, 0.05) is 18.7 Å². The average molecular weight is 252 g/mol. The maximum Gasteiger partial charge on any atom is 0.224 e. The number of carbonyl (C=O) groups is 1. The third-order valence-electron chi connectivity index (χ3n) is 2.77. The average Bonchev–Trinajstić information content (AvgIpc) is 2.77. The minimum Gasteiger partial charge on any atom is -0.330 e. The largest absolute Gasteiger partial charge is 0.330 e. The van der Waals surface area contributed by atoms with Crippen molar-refractivity contribution in [2.24, 2.45) is 5.73 Å². The summed E-state index contributed by atoms with van der Waals surface area (Å²) in [6, 6.07) is 0.312. The molecule has 0 aliphatic heterocycles. The predicted molar refractivity (Wildman–Crippen MR) is 73.4 cm³/mol. The van der Waals surface area contributed by atoms with E-state index in [4.69, 9.17) is 5.73 Å². The van der Waals surface area contributed by atoms with E-state index in [1.54, 1.807) is 6.20 Å². The van der Waals surface area contributed by atoms with Crippen molar-refractivity contribution >= 4 is 11.6 Å². The van der Waals surface area contributed by atoms with Crippen LogP contribution in [-0.4, -0.2) is 22.2 Å². The van der Waals surface area contributed by atoms with Gasteiger partial charge >= 0.3 is 0 Å². The zero-order valence-corrected chi connectivity index (χ0v) is 11.4. The Morgan fingerprint density at radius 3 is 2.72 bits per heavy atom. The van der Waals surface area contributed by atoms with Crippen LogP contribution >= 0.6 is 0 Å². The normalized spacial score (nSPS) is 10.9. The Hall–Kier alpha value is -1.36. The summed E-state index contributed by atoms with van der Waals surface area (Å²) in [5, 5.41) is 7.04. The van der Waals surface area contributed by atoms with Gasteiger partial charge in [-0.25, -0.2) is 0 Å². The van der Waals surface area contributed by atoms with Gasteiger partial charge < -0.3 is 11.1 Å². The van der Waals surface area contributed by atoms with Crippen LogP contribution in [0.2, 0.25) is 0 Å². The number of rotatable bonds is 8. The molecular formula is C13H24N4O. The van der Waals surface area contributed by atoms with Crippen molar-refractivity contribution in [3.8, 4) is 0 Å². The lowest BCUT2D eigenvalue weighted by molar-refractivity contribution is -0.116. The number of nitrogens with two attached hydrogens (primary N) is 1. The van der Waals surface area contributed by atoms with Gasteiger partial charge in [-0.3, -0.25) is 9.48 Å². The van der Waals surface area contributed by atoms with Gasteiger partial charge in [-0.2, -0.15) is 5.10 Å². The van der Waals surface area contributed by atoms with Crippen molar-refractivity contribution in [1.82, 2.24) is 9.78 Å². The van der Waals surface area contributed by atoms with Gasteiger partial charge in [-0.15, -0.1) is 0 Å². The lowest BCUT2D eigenvalue weighted by Crippen LogP contribution is -2.10. The van der Waals surface area contributed by atoms with Crippen molar-refractivity contribution < 1.29 is 4.79 Å². The molecule has 0 fully saturated rings. The SMILES string of the molecule is CC(C)n1cc(NC(=O)CCCCCCN)cn1. The third kappa shape index (κ3) is 5.31. The molecule has 102 valence electrons. The van der Waals surface area contributed by atoms with Crippen LogP contribution in [0.3, 0.4) is 0 Å². The standard InChI is InChI=1S/C13H24N4O/c1-11(2)17-10-12(9-15-17)16-13(18)7-5-3-4-6-8-14/h9-11H,3-8,14H2,1-2H3,(H,16,18). The number of unbranched alkanes of at least 4 members (excludes halogenated alkanes) is 3. The molecule has 0 spiro atoms. The third-order valence-corrected chi connectivity index (χ3v) is 2.77. The molecule has 18 heavy (non-hydrogen) atoms. The first-order chi connectivity index (χ1) is 8.63. The number of hydrogen-bond acceptors (Lipinski definition) is 3. The Labute approximate surface area is 109 Å². The number of nitrogens with one attached hydrogen (secondary N) is 1. The molecule has 0 saturated carbocycles. The van der Waals surface area contributed by atoms with Crippen LogP contribution in [0.25, 0.3) is 0 Å². The summed E-state index contributed by atoms with van der Waals surface area (Å²) < 4.78 is 1.83. The second-order valence-corrected chi connectivity index (χ2v) is 4.80. The van der Waals surface area contributed by atoms with Crippen molar-refractivity contribution in [1.29, 1.82) is 0 Å². The monoisotopic (exact) mass is 252 g/mol. The fourth-order valence-corrected chi connectivity index (χ4v) is 1.69. The molecule has 0 aliphatic carbocycles. The van der Waals surface area contributed by atoms with Gasteiger partial charge in [0.15, 0.2) is 0 Å². The van der Waals surface area contributed by atoms with Crippen LogP contribution in [0.1, 0.15) is 52.0 Å². The Balaban J connectivity index is 2.22. The highest BCUT2D eigenvalue weighted by Gasteiger charge is 2.05. The van der Waals surface area contributed by atoms with Crippen LogP contribution < -0.4 is 11.1 Å². The van der Waals surface area contributed by atoms with E-state index in [1.165, 1.54) is 0 Å². The zero-order chi connectivity index (χ0) is 13.4. The van der Waals surface area contributed by atoms with Gasteiger partial charge in [0.2, 0.25) is 5.91 Å². The summed E-state index contributed by atoms with van der Waals surface area (Å²) in [7, 11) is 0. The van der Waals surface area contributed by atoms with E-state index in [0.29, 0.717) is 12.5 Å². The molecule has 0 atom stereocenters. The molecular weight excluding hydrogens is 228 g/mol. The van der Waals surface area contributed by atoms with Crippen LogP contribution in [0.4, 0.5) is 5.69 Å². The number of carbonyl (C=O) groups excluding carboxylic acids is 1. The molecule has 1 aromatic heterocycles. The zero-order valence-electron chi connectivity index (χ0n) is 11.4. The Kier molecular flexibility index (Phi) is 6.43. The van der Waals surface area contributed by atoms with Gasteiger partial charge in [-0.1, -0.05) is 12.8 Å². The van der Waals surface area contributed by atoms with Crippen molar-refractivity contribution in [3.05, 3.63) is 12.4 Å². The summed E-state index contributed by atoms with van der Waals surface area (Å²) in [4.78, 5) is 11.7. The number of aromatic nitrogens is 2. The first-order valence-electron chi connectivity index (χ1n) is 6.67. The fourth-order valence-electron chi connectivity index (χ4n) is 1.69. The maximum atomic E-state index is 11.7. The molecule has 1 aromatic rings. The second kappa shape index (κ2) is 7.87. The Bertz CT molecular complexity index is 360. The van der Waals surface area contributed by atoms with Gasteiger partial charge in [-0.05, 0) is 33.2 Å². The highest BCUT2D eigenvalue weighted by atomic mass is 16.1. The Morgan fingerprint density at radius 1 is 1.39 bits per heavy atom. The van der Waals surface area contributed by atoms with E-state index in [9.17, 15) is 4.79 Å². The van der Waals surface area contributed by atoms with Crippen LogP contribution in [0, 0.1) is 0 Å². The van der Waals surface area contributed by atoms with Gasteiger partial charge in [0.25, 0.3) is 0 Å². The first-order valence-corrected chi connectivity index (χ1v) is 6.67. The van der Waals surface area contributed by atoms with Crippen LogP contribution in [0.15, 0.2) is 12.4 Å². The summed E-state index contributed by atoms with van der Waals surface area (Å²) in [6.45, 7) is 4.84. The second-order valence-electron chi connectivity index (χ2n) is 4.80. The topological polar surface area (TPSA) is 72.9 Å². The molecule has 0 bridgehead atoms. The summed E-state index contributed by atoms with van der Waals surface area (Å²) in [5.74, 6) is 0.0612. The number of amides is 1. The van der Waals surface area contributed by atoms with E-state index in [1.807, 2.05) is 10.9 Å². The minimum absolute atomic E-state index is 0.0612. The number of nitrogens with zero attached hydrogens (tertiary/aromatic N) is 2. The first kappa shape index (κ1) is 14.7. The summed E-state index contributed by atoms with van der Waals surface area (Å²) in [5.41, 5.74) is 6.18. The van der Waals surface area contributed by atoms with Gasteiger partial charge in [0.05, 0.1) is 11.9 Å². The lowest BCUT2D eigenvalue weighted by Gasteiger charge is -2.04. The molecule has 5 nitrogen and oxygen atoms in total. The van der Waals surface area contributed by atoms with Crippen molar-refractivity contribution in [3.63, 3.8) is 0 Å². The Morgan fingerprint density at radius 2 is 2.11 bits per heavy atom. The van der Waals surface area contributed by atoms with E-state index >= 15 is 0 Å². The maximum absolute atomic E-state index is 11.7. The van der Waals surface area contributed by atoms with E-state index in [2.05, 4.69) is 24.3 Å². The molecule has 0 saturated heterocycles. The number of anilines is 1. The van der Waals surface area contributed by atoms with E-state index in [-0.39, 0.29) is 5.91 Å². The van der Waals surface area contributed by atoms with Crippen LogP contribution in [0.5, 0.6) is 0 Å². The quantitative estimate of drug-likeness (QED) is 0.697. The minimum atomic E-state index is 0.0612. The molecule has 0 aromatic carbocycles. The molecule has 1 rings (SSSR count). The molecule has 0 radical (unpaired) electrons. The van der Waals surface area contributed by atoms with E-state index < -0.39 is 0 Å². The molecule has 0 unspecified atom stereocenters. The van der Waals surface area contributed by atoms with E-state index in [0.717, 1.165) is 37.9 Å². The fraction of sp³-hybridized carbons (Fsp3) is 0.692. The lowest BCUT2D eigenvalue weighted by atomic mass is 10.1. The molecule has 0 aliphatic rings. The van der Waals surface area contributed by atoms with Crippen molar-refractivity contribution in [2.75, 3.05) is 11.9 Å². The smallest absolute Gasteiger partial charge is 0.224 e. The highest BCUT2D eigenvalue weighted by Crippen LogP contribution is 2.11. The molecule has 3 N–H and O–H groups in total. The number of hydrogen-bond donors (Lipinski definition) is 2. The molecule has 5 heteroatoms.